The summed E-state index contributed by atoms with van der Waals surface area (Å²) >= 11 is 5.78. The minimum absolute atomic E-state index is 0.186. The Morgan fingerprint density at radius 1 is 1.32 bits per heavy atom. The fourth-order valence-corrected chi connectivity index (χ4v) is 1.82. The maximum Gasteiger partial charge on any atom is 0.304 e. The third-order valence-electron chi connectivity index (χ3n) is 2.79. The number of carboxylic acids is 1. The first-order valence-corrected chi connectivity index (χ1v) is 6.82. The Kier molecular flexibility index (Phi) is 7.30. The van der Waals surface area contributed by atoms with Gasteiger partial charge in [-0.3, -0.25) is 4.79 Å². The number of carbonyl (C=O) groups is 1. The zero-order chi connectivity index (χ0) is 14.1. The summed E-state index contributed by atoms with van der Waals surface area (Å²) in [7, 11) is 0. The molecule has 0 spiro atoms. The number of rotatable bonds is 9. The van der Waals surface area contributed by atoms with Crippen molar-refractivity contribution < 1.29 is 14.6 Å². The highest BCUT2D eigenvalue weighted by Crippen LogP contribution is 2.15. The lowest BCUT2D eigenvalue weighted by atomic mass is 10.3. The molecule has 0 heterocycles. The molecule has 106 valence electrons. The van der Waals surface area contributed by atoms with Crippen molar-refractivity contribution >= 4 is 17.6 Å². The SMILES string of the molecule is CCN(CCCOc1ccc(Cl)cc1)CCC(=O)O. The average Bonchev–Trinajstić information content (AvgIpc) is 2.40. The molecule has 0 saturated carbocycles. The van der Waals surface area contributed by atoms with Gasteiger partial charge in [-0.2, -0.15) is 0 Å². The number of ether oxygens (including phenoxy) is 1. The quantitative estimate of drug-likeness (QED) is 0.709. The van der Waals surface area contributed by atoms with Gasteiger partial charge in [0.2, 0.25) is 0 Å². The molecule has 0 unspecified atom stereocenters. The molecule has 0 aliphatic heterocycles. The summed E-state index contributed by atoms with van der Waals surface area (Å²) in [5.74, 6) is 0.0499. The fraction of sp³-hybridized carbons (Fsp3) is 0.500. The molecule has 4 nitrogen and oxygen atoms in total. The molecule has 1 aromatic rings. The number of carboxylic acid groups (broad SMARTS) is 1. The molecule has 0 atom stereocenters. The summed E-state index contributed by atoms with van der Waals surface area (Å²) in [5, 5.41) is 9.33. The highest BCUT2D eigenvalue weighted by atomic mass is 35.5. The van der Waals surface area contributed by atoms with Gasteiger partial charge in [0.1, 0.15) is 5.75 Å². The van der Waals surface area contributed by atoms with E-state index in [1.54, 1.807) is 12.1 Å². The van der Waals surface area contributed by atoms with Gasteiger partial charge >= 0.3 is 5.97 Å². The van der Waals surface area contributed by atoms with Gasteiger partial charge < -0.3 is 14.7 Å². The molecule has 0 aromatic heterocycles. The van der Waals surface area contributed by atoms with Crippen molar-refractivity contribution in [3.8, 4) is 5.75 Å². The molecule has 0 bridgehead atoms. The molecule has 1 rings (SSSR count). The van der Waals surface area contributed by atoms with Gasteiger partial charge in [-0.25, -0.2) is 0 Å². The second-order valence-electron chi connectivity index (χ2n) is 4.23. The lowest BCUT2D eigenvalue weighted by molar-refractivity contribution is -0.137. The van der Waals surface area contributed by atoms with Gasteiger partial charge in [0.05, 0.1) is 13.0 Å². The van der Waals surface area contributed by atoms with E-state index in [2.05, 4.69) is 4.90 Å². The third kappa shape index (κ3) is 7.03. The Labute approximate surface area is 118 Å². The zero-order valence-electron chi connectivity index (χ0n) is 11.1. The van der Waals surface area contributed by atoms with E-state index in [1.165, 1.54) is 0 Å². The summed E-state index contributed by atoms with van der Waals surface area (Å²) in [6, 6.07) is 7.26. The van der Waals surface area contributed by atoms with Crippen LogP contribution in [0.1, 0.15) is 19.8 Å². The highest BCUT2D eigenvalue weighted by Gasteiger charge is 2.05. The van der Waals surface area contributed by atoms with Crippen LogP contribution in [0, 0.1) is 0 Å². The summed E-state index contributed by atoms with van der Waals surface area (Å²) in [4.78, 5) is 12.6. The normalized spacial score (nSPS) is 10.7. The summed E-state index contributed by atoms with van der Waals surface area (Å²) in [6.45, 7) is 4.94. The molecule has 19 heavy (non-hydrogen) atoms. The van der Waals surface area contributed by atoms with Gasteiger partial charge in [-0.15, -0.1) is 0 Å². The van der Waals surface area contributed by atoms with Gasteiger partial charge in [0.25, 0.3) is 0 Å². The Morgan fingerprint density at radius 2 is 2.00 bits per heavy atom. The molecule has 1 N–H and O–H groups in total. The maximum atomic E-state index is 10.5. The van der Waals surface area contributed by atoms with Crippen molar-refractivity contribution in [2.75, 3.05) is 26.2 Å². The molecule has 0 radical (unpaired) electrons. The fourth-order valence-electron chi connectivity index (χ4n) is 1.69. The van der Waals surface area contributed by atoms with E-state index >= 15 is 0 Å². The smallest absolute Gasteiger partial charge is 0.304 e. The molecular formula is C14H20ClNO3. The molecule has 0 aliphatic carbocycles. The van der Waals surface area contributed by atoms with Crippen molar-refractivity contribution in [3.05, 3.63) is 29.3 Å². The van der Waals surface area contributed by atoms with Crippen LogP contribution in [-0.4, -0.2) is 42.2 Å². The second-order valence-corrected chi connectivity index (χ2v) is 4.67. The molecule has 5 heteroatoms. The third-order valence-corrected chi connectivity index (χ3v) is 3.04. The van der Waals surface area contributed by atoms with E-state index in [9.17, 15) is 4.79 Å². The standard InChI is InChI=1S/C14H20ClNO3/c1-2-16(10-8-14(17)18)9-3-11-19-13-6-4-12(15)5-7-13/h4-7H,2-3,8-11H2,1H3,(H,17,18). The van der Waals surface area contributed by atoms with Gasteiger partial charge in [-0.1, -0.05) is 18.5 Å². The van der Waals surface area contributed by atoms with Crippen LogP contribution >= 0.6 is 11.6 Å². The average molecular weight is 286 g/mol. The van der Waals surface area contributed by atoms with Crippen LogP contribution in [-0.2, 0) is 4.79 Å². The van der Waals surface area contributed by atoms with Gasteiger partial charge in [-0.05, 0) is 37.2 Å². The van der Waals surface area contributed by atoms with Crippen LogP contribution in [0.15, 0.2) is 24.3 Å². The Hall–Kier alpha value is -1.26. The van der Waals surface area contributed by atoms with Crippen LogP contribution in [0.25, 0.3) is 0 Å². The van der Waals surface area contributed by atoms with Crippen LogP contribution in [0.5, 0.6) is 5.75 Å². The number of nitrogens with zero attached hydrogens (tertiary/aromatic N) is 1. The molecular weight excluding hydrogens is 266 g/mol. The predicted molar refractivity (Wildman–Crippen MR) is 75.9 cm³/mol. The Balaban J connectivity index is 2.18. The van der Waals surface area contributed by atoms with Crippen molar-refractivity contribution in [2.45, 2.75) is 19.8 Å². The maximum absolute atomic E-state index is 10.5. The van der Waals surface area contributed by atoms with E-state index in [0.717, 1.165) is 25.3 Å². The van der Waals surface area contributed by atoms with Gasteiger partial charge in [0, 0.05) is 18.1 Å². The van der Waals surface area contributed by atoms with E-state index in [-0.39, 0.29) is 6.42 Å². The second kappa shape index (κ2) is 8.77. The molecule has 0 aliphatic rings. The molecule has 0 fully saturated rings. The first-order chi connectivity index (χ1) is 9.11. The Bertz CT molecular complexity index is 381. The van der Waals surface area contributed by atoms with E-state index in [4.69, 9.17) is 21.4 Å². The first kappa shape index (κ1) is 15.8. The van der Waals surface area contributed by atoms with Crippen molar-refractivity contribution in [1.29, 1.82) is 0 Å². The van der Waals surface area contributed by atoms with E-state index < -0.39 is 5.97 Å². The monoisotopic (exact) mass is 285 g/mol. The Morgan fingerprint density at radius 3 is 2.58 bits per heavy atom. The summed E-state index contributed by atoms with van der Waals surface area (Å²) in [6.07, 6.45) is 1.06. The van der Waals surface area contributed by atoms with Crippen LogP contribution in [0.2, 0.25) is 5.02 Å². The van der Waals surface area contributed by atoms with Crippen LogP contribution < -0.4 is 4.74 Å². The highest BCUT2D eigenvalue weighted by molar-refractivity contribution is 6.30. The number of halogens is 1. The predicted octanol–water partition coefficient (Wildman–Crippen LogP) is 2.91. The number of hydrogen-bond acceptors (Lipinski definition) is 3. The molecule has 0 saturated heterocycles. The lowest BCUT2D eigenvalue weighted by Gasteiger charge is -2.19. The molecule has 0 amide bonds. The number of aliphatic carboxylic acids is 1. The number of hydrogen-bond donors (Lipinski definition) is 1. The van der Waals surface area contributed by atoms with E-state index in [0.29, 0.717) is 18.2 Å². The lowest BCUT2D eigenvalue weighted by Crippen LogP contribution is -2.28. The summed E-state index contributed by atoms with van der Waals surface area (Å²) < 4.78 is 5.58. The number of benzene rings is 1. The van der Waals surface area contributed by atoms with Crippen molar-refractivity contribution in [2.24, 2.45) is 0 Å². The minimum atomic E-state index is -0.754. The largest absolute Gasteiger partial charge is 0.494 e. The first-order valence-electron chi connectivity index (χ1n) is 6.44. The topological polar surface area (TPSA) is 49.8 Å². The summed E-state index contributed by atoms with van der Waals surface area (Å²) in [5.41, 5.74) is 0. The van der Waals surface area contributed by atoms with Crippen LogP contribution in [0.4, 0.5) is 0 Å². The van der Waals surface area contributed by atoms with Crippen molar-refractivity contribution in [3.63, 3.8) is 0 Å². The van der Waals surface area contributed by atoms with Crippen molar-refractivity contribution in [1.82, 2.24) is 4.90 Å². The minimum Gasteiger partial charge on any atom is -0.494 e. The van der Waals surface area contributed by atoms with E-state index in [1.807, 2.05) is 19.1 Å². The molecule has 1 aromatic carbocycles. The zero-order valence-corrected chi connectivity index (χ0v) is 11.9. The van der Waals surface area contributed by atoms with Crippen LogP contribution in [0.3, 0.4) is 0 Å². The van der Waals surface area contributed by atoms with Gasteiger partial charge in [0.15, 0.2) is 0 Å².